The van der Waals surface area contributed by atoms with Crippen LogP contribution in [0.15, 0.2) is 16.8 Å². The van der Waals surface area contributed by atoms with Crippen LogP contribution in [0, 0.1) is 11.8 Å². The van der Waals surface area contributed by atoms with Gasteiger partial charge in [0.1, 0.15) is 0 Å². The Morgan fingerprint density at radius 2 is 2.45 bits per heavy atom. The molecule has 0 saturated carbocycles. The van der Waals surface area contributed by atoms with E-state index >= 15 is 0 Å². The molecule has 11 heavy (non-hydrogen) atoms. The van der Waals surface area contributed by atoms with E-state index in [0.717, 1.165) is 5.92 Å². The molecule has 0 aromatic heterocycles. The summed E-state index contributed by atoms with van der Waals surface area (Å²) >= 11 is 0. The van der Waals surface area contributed by atoms with Gasteiger partial charge in [-0.15, -0.1) is 0 Å². The van der Waals surface area contributed by atoms with Crippen molar-refractivity contribution in [1.82, 2.24) is 0 Å². The molecule has 0 saturated heterocycles. The molecule has 2 atom stereocenters. The number of hydrogen-bond donors (Lipinski definition) is 0. The summed E-state index contributed by atoms with van der Waals surface area (Å²) in [5, 5.41) is 0. The summed E-state index contributed by atoms with van der Waals surface area (Å²) in [5.41, 5.74) is 1.52. The number of aliphatic imine (C=N–C) groups is 1. The van der Waals surface area contributed by atoms with Gasteiger partial charge in [-0.05, 0) is 30.3 Å². The summed E-state index contributed by atoms with van der Waals surface area (Å²) in [6.07, 6.45) is 6.51. The quantitative estimate of drug-likeness (QED) is 0.575. The minimum absolute atomic E-state index is 0.643. The zero-order valence-corrected chi connectivity index (χ0v) is 7.67. The fourth-order valence-electron chi connectivity index (χ4n) is 1.35. The Kier molecular flexibility index (Phi) is 2.86. The monoisotopic (exact) mass is 151 g/mol. The van der Waals surface area contributed by atoms with Crippen LogP contribution in [0.4, 0.5) is 0 Å². The Labute approximate surface area is 69.2 Å². The third-order valence-corrected chi connectivity index (χ3v) is 2.38. The number of hydrogen-bond acceptors (Lipinski definition) is 1. The molecule has 0 radical (unpaired) electrons. The summed E-state index contributed by atoms with van der Waals surface area (Å²) in [7, 11) is 0. The highest BCUT2D eigenvalue weighted by atomic mass is 14.7. The van der Waals surface area contributed by atoms with Crippen LogP contribution in [0.5, 0.6) is 0 Å². The van der Waals surface area contributed by atoms with Crippen LogP contribution in [0.3, 0.4) is 0 Å². The molecule has 0 amide bonds. The van der Waals surface area contributed by atoms with Crippen molar-refractivity contribution >= 4 is 6.21 Å². The van der Waals surface area contributed by atoms with E-state index in [0.29, 0.717) is 5.92 Å². The smallest absolute Gasteiger partial charge is 0.0258 e. The van der Waals surface area contributed by atoms with Gasteiger partial charge in [0.25, 0.3) is 0 Å². The first kappa shape index (κ1) is 8.51. The van der Waals surface area contributed by atoms with Crippen molar-refractivity contribution in [3.05, 3.63) is 11.8 Å². The molecule has 0 spiro atoms. The Balaban J connectivity index is 2.58. The van der Waals surface area contributed by atoms with Crippen molar-refractivity contribution in [3.8, 4) is 0 Å². The maximum atomic E-state index is 4.22. The highest BCUT2D eigenvalue weighted by Crippen LogP contribution is 2.23. The maximum Gasteiger partial charge on any atom is 0.0258 e. The molecule has 1 aliphatic heterocycles. The van der Waals surface area contributed by atoms with Crippen molar-refractivity contribution in [2.24, 2.45) is 16.8 Å². The van der Waals surface area contributed by atoms with Crippen LogP contribution in [-0.4, -0.2) is 6.21 Å². The van der Waals surface area contributed by atoms with E-state index in [1.54, 1.807) is 0 Å². The first-order valence-electron chi connectivity index (χ1n) is 4.46. The lowest BCUT2D eigenvalue weighted by Gasteiger charge is -2.18. The molecule has 1 nitrogen and oxygen atoms in total. The van der Waals surface area contributed by atoms with Gasteiger partial charge in [-0.2, -0.15) is 0 Å². The summed E-state index contributed by atoms with van der Waals surface area (Å²) in [6.45, 7) is 6.73. The van der Waals surface area contributed by atoms with Gasteiger partial charge in [-0.3, -0.25) is 4.99 Å². The van der Waals surface area contributed by atoms with E-state index in [4.69, 9.17) is 0 Å². The molecule has 0 fully saturated rings. The molecular weight excluding hydrogens is 134 g/mol. The lowest BCUT2D eigenvalue weighted by molar-refractivity contribution is 0.588. The van der Waals surface area contributed by atoms with Crippen LogP contribution in [0.25, 0.3) is 0 Å². The lowest BCUT2D eigenvalue weighted by Crippen LogP contribution is -2.07. The second-order valence-electron chi connectivity index (χ2n) is 3.49. The Morgan fingerprint density at radius 1 is 1.73 bits per heavy atom. The Bertz CT molecular complexity index is 179. The van der Waals surface area contributed by atoms with Gasteiger partial charge < -0.3 is 0 Å². The van der Waals surface area contributed by atoms with Crippen LogP contribution < -0.4 is 0 Å². The average molecular weight is 151 g/mol. The largest absolute Gasteiger partial charge is 0.269 e. The Hall–Kier alpha value is -0.590. The van der Waals surface area contributed by atoms with E-state index in [1.165, 1.54) is 18.4 Å². The molecule has 0 aromatic carbocycles. The van der Waals surface area contributed by atoms with E-state index in [-0.39, 0.29) is 0 Å². The second kappa shape index (κ2) is 3.70. The summed E-state index contributed by atoms with van der Waals surface area (Å²) in [6, 6.07) is 0. The molecule has 0 N–H and O–H groups in total. The number of rotatable bonds is 2. The molecule has 1 aliphatic rings. The van der Waals surface area contributed by atoms with Crippen molar-refractivity contribution < 1.29 is 0 Å². The first-order valence-corrected chi connectivity index (χ1v) is 4.46. The molecule has 1 heteroatoms. The molecule has 1 rings (SSSR count). The van der Waals surface area contributed by atoms with Crippen LogP contribution in [0.1, 0.15) is 33.6 Å². The standard InChI is InChI=1S/C10H17N/c1-4-9(3)10-5-8(2)6-11-7-10/h6-9H,4-5H2,1-3H3. The summed E-state index contributed by atoms with van der Waals surface area (Å²) in [4.78, 5) is 4.22. The van der Waals surface area contributed by atoms with Gasteiger partial charge in [0.15, 0.2) is 0 Å². The normalized spacial score (nSPS) is 26.5. The molecule has 62 valence electrons. The SMILES string of the molecule is CCC(C)C1=CN=CC(C)C1. The highest BCUT2D eigenvalue weighted by Gasteiger charge is 2.12. The molecule has 2 unspecified atom stereocenters. The summed E-state index contributed by atoms with van der Waals surface area (Å²) in [5.74, 6) is 1.36. The van der Waals surface area contributed by atoms with Crippen molar-refractivity contribution in [1.29, 1.82) is 0 Å². The van der Waals surface area contributed by atoms with Crippen molar-refractivity contribution in [2.75, 3.05) is 0 Å². The predicted molar refractivity (Wildman–Crippen MR) is 49.8 cm³/mol. The highest BCUT2D eigenvalue weighted by molar-refractivity contribution is 5.63. The van der Waals surface area contributed by atoms with Crippen LogP contribution in [-0.2, 0) is 0 Å². The van der Waals surface area contributed by atoms with Crippen molar-refractivity contribution in [3.63, 3.8) is 0 Å². The maximum absolute atomic E-state index is 4.22. The van der Waals surface area contributed by atoms with E-state index in [9.17, 15) is 0 Å². The van der Waals surface area contributed by atoms with Gasteiger partial charge >= 0.3 is 0 Å². The average Bonchev–Trinajstić information content (AvgIpc) is 2.03. The van der Waals surface area contributed by atoms with Gasteiger partial charge in [-0.1, -0.05) is 20.8 Å². The van der Waals surface area contributed by atoms with Gasteiger partial charge in [-0.25, -0.2) is 0 Å². The van der Waals surface area contributed by atoms with Gasteiger partial charge in [0.05, 0.1) is 0 Å². The molecule has 0 aromatic rings. The zero-order valence-electron chi connectivity index (χ0n) is 7.67. The first-order chi connectivity index (χ1) is 5.24. The molecule has 0 aliphatic carbocycles. The second-order valence-corrected chi connectivity index (χ2v) is 3.49. The topological polar surface area (TPSA) is 12.4 Å². The van der Waals surface area contributed by atoms with Gasteiger partial charge in [0, 0.05) is 12.4 Å². The van der Waals surface area contributed by atoms with Crippen LogP contribution >= 0.6 is 0 Å². The summed E-state index contributed by atoms with van der Waals surface area (Å²) < 4.78 is 0. The minimum atomic E-state index is 0.643. The van der Waals surface area contributed by atoms with E-state index in [1.807, 2.05) is 12.4 Å². The molecule has 0 bridgehead atoms. The lowest BCUT2D eigenvalue weighted by atomic mass is 9.90. The fraction of sp³-hybridized carbons (Fsp3) is 0.700. The zero-order chi connectivity index (χ0) is 8.27. The van der Waals surface area contributed by atoms with E-state index < -0.39 is 0 Å². The number of nitrogens with zero attached hydrogens (tertiary/aromatic N) is 1. The van der Waals surface area contributed by atoms with Crippen LogP contribution in [0.2, 0.25) is 0 Å². The molecule has 1 heterocycles. The minimum Gasteiger partial charge on any atom is -0.269 e. The third-order valence-electron chi connectivity index (χ3n) is 2.38. The third kappa shape index (κ3) is 2.18. The predicted octanol–water partition coefficient (Wildman–Crippen LogP) is 3.03. The van der Waals surface area contributed by atoms with E-state index in [2.05, 4.69) is 25.8 Å². The number of allylic oxidation sites excluding steroid dienone is 1. The molecular formula is C10H17N. The fourth-order valence-corrected chi connectivity index (χ4v) is 1.35. The van der Waals surface area contributed by atoms with Crippen molar-refractivity contribution in [2.45, 2.75) is 33.6 Å². The van der Waals surface area contributed by atoms with Gasteiger partial charge in [0.2, 0.25) is 0 Å². The Morgan fingerprint density at radius 3 is 3.00 bits per heavy atom.